The normalized spacial score (nSPS) is 16.8. The molecule has 1 aromatic heterocycles. The lowest BCUT2D eigenvalue weighted by Gasteiger charge is -2.25. The third-order valence-corrected chi connectivity index (χ3v) is 9.07. The lowest BCUT2D eigenvalue weighted by molar-refractivity contribution is -0.139. The maximum atomic E-state index is 14.4. The lowest BCUT2D eigenvalue weighted by Crippen LogP contribution is -2.41. The van der Waals surface area contributed by atoms with Gasteiger partial charge in [0.25, 0.3) is 11.5 Å². The van der Waals surface area contributed by atoms with E-state index in [2.05, 4.69) is 4.99 Å². The number of esters is 1. The number of aromatic nitrogens is 1. The molecule has 0 fully saturated rings. The Kier molecular flexibility index (Phi) is 7.87. The van der Waals surface area contributed by atoms with Gasteiger partial charge >= 0.3 is 5.97 Å². The zero-order chi connectivity index (χ0) is 31.1. The standard InChI is InChI=1S/C33H28ClN3O6S/c1-5-43-32(40)26-18(2)35-33-37(28(26)19-14-15-24(41-3)25(16-19)42-4)31(39)29(44-33)27-21-11-7-9-13-23(21)36(30(27)38)17-20-10-6-8-12-22(20)34/h6-16,28H,5,17H2,1-4H3/b29-27+/t28-/m1/s1. The van der Waals surface area contributed by atoms with E-state index in [-0.39, 0.29) is 34.7 Å². The van der Waals surface area contributed by atoms with Gasteiger partial charge in [-0.3, -0.25) is 14.2 Å². The number of nitrogens with zero attached hydrogens (tertiary/aromatic N) is 3. The van der Waals surface area contributed by atoms with Crippen LogP contribution in [0.5, 0.6) is 11.5 Å². The number of thiazole rings is 1. The topological polar surface area (TPSA) is 99.4 Å². The van der Waals surface area contributed by atoms with Gasteiger partial charge in [-0.15, -0.1) is 0 Å². The molecule has 0 unspecified atom stereocenters. The highest BCUT2D eigenvalue weighted by Crippen LogP contribution is 2.38. The van der Waals surface area contributed by atoms with Gasteiger partial charge in [-0.2, -0.15) is 0 Å². The van der Waals surface area contributed by atoms with Crippen molar-refractivity contribution >= 4 is 46.1 Å². The van der Waals surface area contributed by atoms with Crippen molar-refractivity contribution in [3.8, 4) is 11.5 Å². The predicted molar refractivity (Wildman–Crippen MR) is 168 cm³/mol. The Morgan fingerprint density at radius 2 is 1.73 bits per heavy atom. The number of benzene rings is 3. The average molecular weight is 630 g/mol. The number of methoxy groups -OCH3 is 2. The zero-order valence-corrected chi connectivity index (χ0v) is 26.0. The van der Waals surface area contributed by atoms with Crippen LogP contribution in [-0.4, -0.2) is 37.3 Å². The number of hydrogen-bond donors (Lipinski definition) is 0. The van der Waals surface area contributed by atoms with E-state index in [1.54, 1.807) is 43.0 Å². The molecule has 0 aliphatic carbocycles. The molecule has 0 radical (unpaired) electrons. The minimum absolute atomic E-state index is 0.148. The van der Waals surface area contributed by atoms with Gasteiger partial charge in [0.1, 0.15) is 4.53 Å². The van der Waals surface area contributed by atoms with Gasteiger partial charge in [0.2, 0.25) is 0 Å². The molecule has 0 saturated heterocycles. The van der Waals surface area contributed by atoms with Crippen molar-refractivity contribution in [3.05, 3.63) is 119 Å². The van der Waals surface area contributed by atoms with E-state index < -0.39 is 17.6 Å². The summed E-state index contributed by atoms with van der Waals surface area (Å²) in [4.78, 5) is 48.6. The van der Waals surface area contributed by atoms with E-state index in [0.717, 1.165) is 16.9 Å². The van der Waals surface area contributed by atoms with Gasteiger partial charge in [0.15, 0.2) is 16.3 Å². The first-order valence-corrected chi connectivity index (χ1v) is 15.1. The van der Waals surface area contributed by atoms with Gasteiger partial charge in [-0.05, 0) is 49.2 Å². The van der Waals surface area contributed by atoms with Crippen molar-refractivity contribution in [2.24, 2.45) is 4.99 Å². The quantitative estimate of drug-likeness (QED) is 0.281. The lowest BCUT2D eigenvalue weighted by atomic mass is 9.95. The fourth-order valence-electron chi connectivity index (χ4n) is 5.63. The average Bonchev–Trinajstić information content (AvgIpc) is 3.49. The monoisotopic (exact) mass is 629 g/mol. The Morgan fingerprint density at radius 3 is 2.45 bits per heavy atom. The summed E-state index contributed by atoms with van der Waals surface area (Å²) in [6.45, 7) is 3.81. The Labute approximate surface area is 261 Å². The van der Waals surface area contributed by atoms with Crippen LogP contribution in [0.4, 0.5) is 5.69 Å². The highest BCUT2D eigenvalue weighted by Gasteiger charge is 2.37. The van der Waals surface area contributed by atoms with Crippen LogP contribution in [0, 0.1) is 0 Å². The molecule has 0 N–H and O–H groups in total. The molecule has 9 nitrogen and oxygen atoms in total. The smallest absolute Gasteiger partial charge is 0.338 e. The van der Waals surface area contributed by atoms with Crippen molar-refractivity contribution in [1.82, 2.24) is 4.57 Å². The number of carbonyl (C=O) groups is 2. The number of halogens is 1. The molecule has 224 valence electrons. The second-order valence-corrected chi connectivity index (χ2v) is 11.5. The fourth-order valence-corrected chi connectivity index (χ4v) is 6.97. The van der Waals surface area contributed by atoms with Crippen molar-refractivity contribution in [3.63, 3.8) is 0 Å². The number of carbonyl (C=O) groups excluding carboxylic acids is 2. The number of anilines is 1. The maximum Gasteiger partial charge on any atom is 0.338 e. The first-order valence-electron chi connectivity index (χ1n) is 13.9. The van der Waals surface area contributed by atoms with Gasteiger partial charge in [-0.1, -0.05) is 65.4 Å². The minimum atomic E-state index is -0.884. The van der Waals surface area contributed by atoms with Crippen LogP contribution in [0.25, 0.3) is 5.57 Å². The Morgan fingerprint density at radius 1 is 1.00 bits per heavy atom. The predicted octanol–water partition coefficient (Wildman–Crippen LogP) is 4.39. The first kappa shape index (κ1) is 29.4. The van der Waals surface area contributed by atoms with Crippen LogP contribution in [0.15, 0.2) is 87.8 Å². The van der Waals surface area contributed by atoms with Crippen molar-refractivity contribution in [2.45, 2.75) is 26.4 Å². The summed E-state index contributed by atoms with van der Waals surface area (Å²) < 4.78 is 18.0. The Bertz CT molecular complexity index is 2050. The van der Waals surface area contributed by atoms with E-state index >= 15 is 0 Å². The highest BCUT2D eigenvalue weighted by atomic mass is 35.5. The van der Waals surface area contributed by atoms with Crippen molar-refractivity contribution in [2.75, 3.05) is 25.7 Å². The molecule has 44 heavy (non-hydrogen) atoms. The number of fused-ring (bicyclic) bond motifs is 2. The summed E-state index contributed by atoms with van der Waals surface area (Å²) in [7, 11) is 3.04. The molecule has 2 aliphatic rings. The molecule has 3 heterocycles. The molecule has 6 rings (SSSR count). The number of amides is 1. The number of rotatable bonds is 7. The molecule has 4 aromatic rings. The van der Waals surface area contributed by atoms with E-state index in [1.807, 2.05) is 42.5 Å². The second-order valence-electron chi connectivity index (χ2n) is 10.1. The number of allylic oxidation sites excluding steroid dienone is 1. The van der Waals surface area contributed by atoms with Gasteiger partial charge in [0.05, 0.1) is 55.9 Å². The van der Waals surface area contributed by atoms with Crippen LogP contribution < -0.4 is 29.3 Å². The van der Waals surface area contributed by atoms with Gasteiger partial charge in [-0.25, -0.2) is 9.79 Å². The zero-order valence-electron chi connectivity index (χ0n) is 24.4. The minimum Gasteiger partial charge on any atom is -0.493 e. The molecule has 1 amide bonds. The molecule has 0 spiro atoms. The van der Waals surface area contributed by atoms with Crippen LogP contribution in [0.1, 0.15) is 36.6 Å². The fraction of sp³-hybridized carbons (Fsp3) is 0.212. The van der Waals surface area contributed by atoms with Crippen LogP contribution in [-0.2, 0) is 20.9 Å². The Balaban J connectivity index is 1.59. The summed E-state index contributed by atoms with van der Waals surface area (Å²) in [5.41, 5.74) is 3.17. The van der Waals surface area contributed by atoms with E-state index in [9.17, 15) is 14.4 Å². The molecular weight excluding hydrogens is 602 g/mol. The second kappa shape index (κ2) is 11.8. The summed E-state index contributed by atoms with van der Waals surface area (Å²) in [5, 5.41) is 0.544. The number of hydrogen-bond acceptors (Lipinski definition) is 8. The molecule has 11 heteroatoms. The maximum absolute atomic E-state index is 14.4. The molecule has 1 atom stereocenters. The van der Waals surface area contributed by atoms with Crippen molar-refractivity contribution < 1.29 is 23.8 Å². The Hall–Kier alpha value is -4.67. The third kappa shape index (κ3) is 4.80. The van der Waals surface area contributed by atoms with Crippen molar-refractivity contribution in [1.29, 1.82) is 0 Å². The number of ether oxygens (including phenoxy) is 3. The molecular formula is C33H28ClN3O6S. The van der Waals surface area contributed by atoms with Crippen LogP contribution in [0.2, 0.25) is 5.02 Å². The first-order chi connectivity index (χ1) is 21.3. The molecule has 0 bridgehead atoms. The molecule has 3 aromatic carbocycles. The summed E-state index contributed by atoms with van der Waals surface area (Å²) >= 11 is 7.56. The summed E-state index contributed by atoms with van der Waals surface area (Å²) in [6.07, 6.45) is 0. The largest absolute Gasteiger partial charge is 0.493 e. The summed E-state index contributed by atoms with van der Waals surface area (Å²) in [6, 6.07) is 19.0. The third-order valence-electron chi connectivity index (χ3n) is 7.65. The van der Waals surface area contributed by atoms with E-state index in [4.69, 9.17) is 25.8 Å². The van der Waals surface area contributed by atoms with Gasteiger partial charge in [0, 0.05) is 10.6 Å². The molecule has 0 saturated carbocycles. The van der Waals surface area contributed by atoms with Crippen LogP contribution >= 0.6 is 22.9 Å². The number of para-hydroxylation sites is 1. The van der Waals surface area contributed by atoms with Gasteiger partial charge < -0.3 is 19.1 Å². The van der Waals surface area contributed by atoms with E-state index in [1.165, 1.54) is 18.8 Å². The molecule has 2 aliphatic heterocycles. The summed E-state index contributed by atoms with van der Waals surface area (Å²) in [5.74, 6) is 0.0269. The van der Waals surface area contributed by atoms with Crippen LogP contribution in [0.3, 0.4) is 0 Å². The SMILES string of the molecule is CCOC(=O)C1=C(C)N=c2s/c(=C3/C(=O)N(Cc4ccccc4Cl)c4ccccc43)c(=O)n2[C@@H]1c1ccc(OC)c(OC)c1. The van der Waals surface area contributed by atoms with E-state index in [0.29, 0.717) is 43.8 Å². The highest BCUT2D eigenvalue weighted by molar-refractivity contribution is 7.07.